The Morgan fingerprint density at radius 1 is 1.19 bits per heavy atom. The van der Waals surface area contributed by atoms with Gasteiger partial charge in [0.2, 0.25) is 5.91 Å². The average molecular weight is 364 g/mol. The van der Waals surface area contributed by atoms with Gasteiger partial charge in [0, 0.05) is 30.4 Å². The third-order valence-electron chi connectivity index (χ3n) is 5.40. The number of aromatic amines is 1. The van der Waals surface area contributed by atoms with Crippen molar-refractivity contribution >= 4 is 16.8 Å². The van der Waals surface area contributed by atoms with E-state index in [-0.39, 0.29) is 17.9 Å². The molecule has 1 N–H and O–H groups in total. The van der Waals surface area contributed by atoms with Crippen molar-refractivity contribution in [1.82, 2.24) is 19.7 Å². The van der Waals surface area contributed by atoms with E-state index in [9.17, 15) is 9.59 Å². The third kappa shape index (κ3) is 3.52. The monoisotopic (exact) mass is 364 g/mol. The maximum Gasteiger partial charge on any atom is 0.242 e. The maximum atomic E-state index is 12.8. The average Bonchev–Trinajstić information content (AvgIpc) is 2.90. The number of hydrogen-bond donors (Lipinski definition) is 1. The lowest BCUT2D eigenvalue weighted by atomic mass is 10.1. The lowest BCUT2D eigenvalue weighted by Gasteiger charge is -2.19. The second-order valence-electron chi connectivity index (χ2n) is 7.26. The smallest absolute Gasteiger partial charge is 0.242 e. The number of para-hydroxylation sites is 1. The predicted molar refractivity (Wildman–Crippen MR) is 105 cm³/mol. The van der Waals surface area contributed by atoms with Gasteiger partial charge in [-0.3, -0.25) is 14.7 Å². The number of hydrogen-bond acceptors (Lipinski definition) is 3. The van der Waals surface area contributed by atoms with E-state index in [0.717, 1.165) is 24.1 Å². The van der Waals surface area contributed by atoms with Gasteiger partial charge in [0.25, 0.3) is 0 Å². The molecule has 0 radical (unpaired) electrons. The molecule has 1 aliphatic carbocycles. The Bertz CT molecular complexity index is 1030. The first-order valence-electron chi connectivity index (χ1n) is 9.50. The van der Waals surface area contributed by atoms with Crippen LogP contribution in [0.2, 0.25) is 0 Å². The molecule has 2 aromatic heterocycles. The van der Waals surface area contributed by atoms with E-state index < -0.39 is 0 Å². The summed E-state index contributed by atoms with van der Waals surface area (Å²) in [5.74, 6) is -0.00539. The summed E-state index contributed by atoms with van der Waals surface area (Å²) >= 11 is 0. The van der Waals surface area contributed by atoms with Crippen LogP contribution in [-0.2, 0) is 30.7 Å². The molecule has 4 rings (SSSR count). The number of likely N-dealkylation sites (N-methyl/N-ethyl adjacent to an activating group) is 1. The van der Waals surface area contributed by atoms with Gasteiger partial charge in [0.15, 0.2) is 5.43 Å². The molecule has 0 saturated carbocycles. The minimum Gasteiger partial charge on any atom is -0.338 e. The Labute approximate surface area is 157 Å². The van der Waals surface area contributed by atoms with Crippen LogP contribution in [0, 0.1) is 0 Å². The van der Waals surface area contributed by atoms with Crippen LogP contribution in [0.25, 0.3) is 10.9 Å². The van der Waals surface area contributed by atoms with Crippen molar-refractivity contribution in [3.63, 3.8) is 0 Å². The molecule has 0 spiro atoms. The number of benzene rings is 1. The van der Waals surface area contributed by atoms with E-state index in [1.165, 1.54) is 36.6 Å². The van der Waals surface area contributed by atoms with Gasteiger partial charge in [-0.15, -0.1) is 0 Å². The zero-order valence-electron chi connectivity index (χ0n) is 15.6. The molecule has 27 heavy (non-hydrogen) atoms. The normalized spacial score (nSPS) is 14.0. The van der Waals surface area contributed by atoms with Crippen LogP contribution in [0.4, 0.5) is 0 Å². The van der Waals surface area contributed by atoms with Crippen molar-refractivity contribution in [2.75, 3.05) is 7.05 Å². The number of fused-ring (bicyclic) bond motifs is 2. The topological polar surface area (TPSA) is 71.0 Å². The van der Waals surface area contributed by atoms with Gasteiger partial charge >= 0.3 is 0 Å². The highest BCUT2D eigenvalue weighted by molar-refractivity contribution is 5.82. The number of H-pyrrole nitrogens is 1. The molecule has 0 aliphatic heterocycles. The Kier molecular flexibility index (Phi) is 4.79. The number of aryl methyl sites for hydroxylation is 1. The highest BCUT2D eigenvalue weighted by Gasteiger charge is 2.19. The van der Waals surface area contributed by atoms with Crippen LogP contribution in [0.5, 0.6) is 0 Å². The SMILES string of the molecule is CN(Cc1n[nH]c2c1CCCCC2)C(=O)Cn1ccc(=O)c2ccccc21. The van der Waals surface area contributed by atoms with Crippen molar-refractivity contribution in [2.45, 2.75) is 45.2 Å². The fourth-order valence-electron chi connectivity index (χ4n) is 3.83. The van der Waals surface area contributed by atoms with Crippen LogP contribution in [-0.4, -0.2) is 32.6 Å². The summed E-state index contributed by atoms with van der Waals surface area (Å²) < 4.78 is 1.83. The molecule has 6 nitrogen and oxygen atoms in total. The minimum absolute atomic E-state index is 0.00539. The van der Waals surface area contributed by atoms with Crippen molar-refractivity contribution < 1.29 is 4.79 Å². The fourth-order valence-corrected chi connectivity index (χ4v) is 3.83. The van der Waals surface area contributed by atoms with Gasteiger partial charge in [0.05, 0.1) is 17.8 Å². The van der Waals surface area contributed by atoms with Gasteiger partial charge in [-0.05, 0) is 43.4 Å². The maximum absolute atomic E-state index is 12.8. The van der Waals surface area contributed by atoms with Gasteiger partial charge < -0.3 is 9.47 Å². The van der Waals surface area contributed by atoms with E-state index >= 15 is 0 Å². The molecule has 6 heteroatoms. The van der Waals surface area contributed by atoms with Crippen molar-refractivity contribution in [3.8, 4) is 0 Å². The zero-order valence-corrected chi connectivity index (χ0v) is 15.6. The molecule has 0 unspecified atom stereocenters. The first kappa shape index (κ1) is 17.5. The van der Waals surface area contributed by atoms with E-state index in [4.69, 9.17) is 0 Å². The quantitative estimate of drug-likeness (QED) is 0.724. The number of rotatable bonds is 4. The van der Waals surface area contributed by atoms with Crippen LogP contribution in [0.15, 0.2) is 41.3 Å². The lowest BCUT2D eigenvalue weighted by Crippen LogP contribution is -2.30. The number of carbonyl (C=O) groups is 1. The number of carbonyl (C=O) groups excluding carboxylic acids is 1. The molecule has 0 bridgehead atoms. The third-order valence-corrected chi connectivity index (χ3v) is 5.40. The van der Waals surface area contributed by atoms with Gasteiger partial charge in [0.1, 0.15) is 6.54 Å². The summed E-state index contributed by atoms with van der Waals surface area (Å²) in [6.07, 6.45) is 7.40. The van der Waals surface area contributed by atoms with Crippen molar-refractivity contribution in [1.29, 1.82) is 0 Å². The van der Waals surface area contributed by atoms with E-state index in [0.29, 0.717) is 11.9 Å². The zero-order chi connectivity index (χ0) is 18.8. The molecular formula is C21H24N4O2. The summed E-state index contributed by atoms with van der Waals surface area (Å²) in [4.78, 5) is 26.5. The first-order chi connectivity index (χ1) is 13.1. The predicted octanol–water partition coefficient (Wildman–Crippen LogP) is 2.65. The minimum atomic E-state index is -0.0260. The Morgan fingerprint density at radius 2 is 2.00 bits per heavy atom. The summed E-state index contributed by atoms with van der Waals surface area (Å²) in [6.45, 7) is 0.701. The lowest BCUT2D eigenvalue weighted by molar-refractivity contribution is -0.131. The van der Waals surface area contributed by atoms with Gasteiger partial charge in [-0.25, -0.2) is 0 Å². The molecule has 2 heterocycles. The summed E-state index contributed by atoms with van der Waals surface area (Å²) in [7, 11) is 1.81. The molecule has 1 aromatic carbocycles. The van der Waals surface area contributed by atoms with Crippen LogP contribution in [0.3, 0.4) is 0 Å². The molecule has 0 atom stereocenters. The Morgan fingerprint density at radius 3 is 2.89 bits per heavy atom. The molecule has 0 fully saturated rings. The van der Waals surface area contributed by atoms with E-state index in [2.05, 4.69) is 10.2 Å². The van der Waals surface area contributed by atoms with E-state index in [1.807, 2.05) is 29.8 Å². The largest absolute Gasteiger partial charge is 0.338 e. The summed E-state index contributed by atoms with van der Waals surface area (Å²) in [6, 6.07) is 8.90. The van der Waals surface area contributed by atoms with E-state index in [1.54, 1.807) is 17.2 Å². The summed E-state index contributed by atoms with van der Waals surface area (Å²) in [5, 5.41) is 8.26. The Hall–Kier alpha value is -2.89. The molecule has 1 aliphatic rings. The van der Waals surface area contributed by atoms with Gasteiger partial charge in [-0.1, -0.05) is 18.6 Å². The number of pyridine rings is 1. The molecule has 0 saturated heterocycles. The molecule has 3 aromatic rings. The second kappa shape index (κ2) is 7.39. The Balaban J connectivity index is 1.52. The number of aromatic nitrogens is 3. The number of nitrogens with zero attached hydrogens (tertiary/aromatic N) is 3. The highest BCUT2D eigenvalue weighted by Crippen LogP contribution is 2.22. The van der Waals surface area contributed by atoms with Crippen molar-refractivity contribution in [3.05, 3.63) is 63.7 Å². The first-order valence-corrected chi connectivity index (χ1v) is 9.50. The number of amides is 1. The van der Waals surface area contributed by atoms with Gasteiger partial charge in [-0.2, -0.15) is 5.10 Å². The highest BCUT2D eigenvalue weighted by atomic mass is 16.2. The molecule has 140 valence electrons. The fraction of sp³-hybridized carbons (Fsp3) is 0.381. The van der Waals surface area contributed by atoms with Crippen LogP contribution < -0.4 is 5.43 Å². The summed E-state index contributed by atoms with van der Waals surface area (Å²) in [5.41, 5.74) is 4.26. The molecule has 1 amide bonds. The van der Waals surface area contributed by atoms with Crippen LogP contribution >= 0.6 is 0 Å². The van der Waals surface area contributed by atoms with Crippen molar-refractivity contribution in [2.24, 2.45) is 0 Å². The molecular weight excluding hydrogens is 340 g/mol. The number of nitrogens with one attached hydrogen (secondary N) is 1. The van der Waals surface area contributed by atoms with Crippen LogP contribution in [0.1, 0.15) is 36.2 Å². The standard InChI is InChI=1S/C21H24N4O2/c1-24(13-18-15-7-3-2-4-9-17(15)22-23-18)21(27)14-25-12-11-20(26)16-8-5-6-10-19(16)25/h5-6,8,10-12H,2-4,7,9,13-14H2,1H3,(H,22,23). The second-order valence-corrected chi connectivity index (χ2v) is 7.26.